The standard InChI is InChI=1S/C20H17ClFN3O2/c1-27-18-8-4-14(21)11-17(18)25-19-9-7-16(12-23-19)24-20(26)10-13-2-5-15(22)6-3-13/h2-9,11-12H,10H2,1H3,(H,23,25)(H,24,26). The Labute approximate surface area is 161 Å². The van der Waals surface area contributed by atoms with Crippen LogP contribution >= 0.6 is 11.6 Å². The van der Waals surface area contributed by atoms with E-state index in [9.17, 15) is 9.18 Å². The molecule has 0 aliphatic rings. The lowest BCUT2D eigenvalue weighted by molar-refractivity contribution is -0.115. The fourth-order valence-electron chi connectivity index (χ4n) is 2.45. The first-order chi connectivity index (χ1) is 13.0. The van der Waals surface area contributed by atoms with Crippen LogP contribution in [-0.2, 0) is 11.2 Å². The Kier molecular flexibility index (Phi) is 5.88. The molecule has 0 radical (unpaired) electrons. The predicted octanol–water partition coefficient (Wildman–Crippen LogP) is 4.81. The van der Waals surface area contributed by atoms with Gasteiger partial charge in [0.1, 0.15) is 17.4 Å². The summed E-state index contributed by atoms with van der Waals surface area (Å²) >= 11 is 6.01. The molecule has 1 heterocycles. The van der Waals surface area contributed by atoms with Crippen LogP contribution in [0.4, 0.5) is 21.6 Å². The minimum atomic E-state index is -0.331. The number of rotatable bonds is 6. The van der Waals surface area contributed by atoms with E-state index >= 15 is 0 Å². The molecule has 2 N–H and O–H groups in total. The normalized spacial score (nSPS) is 10.3. The SMILES string of the molecule is COc1ccc(Cl)cc1Nc1ccc(NC(=O)Cc2ccc(F)cc2)cn1. The third-order valence-corrected chi connectivity index (χ3v) is 3.98. The molecule has 1 amide bonds. The van der Waals surface area contributed by atoms with E-state index in [0.717, 1.165) is 5.56 Å². The lowest BCUT2D eigenvalue weighted by Gasteiger charge is -2.11. The molecule has 5 nitrogen and oxygen atoms in total. The van der Waals surface area contributed by atoms with Crippen molar-refractivity contribution in [3.63, 3.8) is 0 Å². The van der Waals surface area contributed by atoms with Gasteiger partial charge in [0.2, 0.25) is 5.91 Å². The van der Waals surface area contributed by atoms with Crippen LogP contribution in [0.15, 0.2) is 60.8 Å². The molecule has 0 aliphatic heterocycles. The zero-order valence-electron chi connectivity index (χ0n) is 14.5. The van der Waals surface area contributed by atoms with Crippen LogP contribution < -0.4 is 15.4 Å². The molecule has 3 rings (SSSR count). The summed E-state index contributed by atoms with van der Waals surface area (Å²) in [5.74, 6) is 0.674. The van der Waals surface area contributed by atoms with Gasteiger partial charge in [-0.3, -0.25) is 4.79 Å². The summed E-state index contributed by atoms with van der Waals surface area (Å²) in [4.78, 5) is 16.4. The van der Waals surface area contributed by atoms with Crippen molar-refractivity contribution in [2.75, 3.05) is 17.7 Å². The molecule has 138 valence electrons. The second kappa shape index (κ2) is 8.51. The van der Waals surface area contributed by atoms with Gasteiger partial charge in [0.15, 0.2) is 0 Å². The lowest BCUT2D eigenvalue weighted by atomic mass is 10.1. The Bertz CT molecular complexity index is 931. The van der Waals surface area contributed by atoms with Crippen molar-refractivity contribution in [2.45, 2.75) is 6.42 Å². The van der Waals surface area contributed by atoms with Crippen LogP contribution in [-0.4, -0.2) is 18.0 Å². The van der Waals surface area contributed by atoms with Gasteiger partial charge >= 0.3 is 0 Å². The molecule has 0 aliphatic carbocycles. The molecule has 0 atom stereocenters. The van der Waals surface area contributed by atoms with Gasteiger partial charge in [-0.2, -0.15) is 0 Å². The molecule has 27 heavy (non-hydrogen) atoms. The summed E-state index contributed by atoms with van der Waals surface area (Å²) in [7, 11) is 1.57. The monoisotopic (exact) mass is 385 g/mol. The van der Waals surface area contributed by atoms with E-state index in [1.165, 1.54) is 12.1 Å². The number of anilines is 3. The van der Waals surface area contributed by atoms with Crippen LogP contribution in [0.2, 0.25) is 5.02 Å². The highest BCUT2D eigenvalue weighted by Crippen LogP contribution is 2.30. The number of ether oxygens (including phenoxy) is 1. The van der Waals surface area contributed by atoms with Crippen LogP contribution in [0.3, 0.4) is 0 Å². The van der Waals surface area contributed by atoms with Crippen LogP contribution in [0.5, 0.6) is 5.75 Å². The van der Waals surface area contributed by atoms with Gasteiger partial charge in [-0.05, 0) is 48.0 Å². The quantitative estimate of drug-likeness (QED) is 0.639. The number of nitrogens with one attached hydrogen (secondary N) is 2. The highest BCUT2D eigenvalue weighted by Gasteiger charge is 2.07. The van der Waals surface area contributed by atoms with Crippen LogP contribution in [0, 0.1) is 5.82 Å². The lowest BCUT2D eigenvalue weighted by Crippen LogP contribution is -2.14. The Morgan fingerprint density at radius 2 is 1.93 bits per heavy atom. The Morgan fingerprint density at radius 3 is 2.59 bits per heavy atom. The molecule has 7 heteroatoms. The fourth-order valence-corrected chi connectivity index (χ4v) is 2.62. The van der Waals surface area contributed by atoms with E-state index < -0.39 is 0 Å². The molecule has 2 aromatic carbocycles. The number of methoxy groups -OCH3 is 1. The summed E-state index contributed by atoms with van der Waals surface area (Å²) in [5.41, 5.74) is 1.98. The Balaban J connectivity index is 1.62. The average molecular weight is 386 g/mol. The maximum Gasteiger partial charge on any atom is 0.228 e. The number of aromatic nitrogens is 1. The summed E-state index contributed by atoms with van der Waals surface area (Å²) in [6.45, 7) is 0. The van der Waals surface area contributed by atoms with Gasteiger partial charge in [-0.15, -0.1) is 0 Å². The third kappa shape index (κ3) is 5.18. The second-order valence-electron chi connectivity index (χ2n) is 5.75. The minimum absolute atomic E-state index is 0.153. The molecule has 0 saturated carbocycles. The van der Waals surface area contributed by atoms with E-state index in [-0.39, 0.29) is 18.1 Å². The first-order valence-electron chi connectivity index (χ1n) is 8.14. The van der Waals surface area contributed by atoms with Crippen LogP contribution in [0.1, 0.15) is 5.56 Å². The number of hydrogen-bond donors (Lipinski definition) is 2. The van der Waals surface area contributed by atoms with E-state index in [2.05, 4.69) is 15.6 Å². The molecule has 0 spiro atoms. The van der Waals surface area contributed by atoms with Crippen molar-refractivity contribution in [2.24, 2.45) is 0 Å². The number of halogens is 2. The summed E-state index contributed by atoms with van der Waals surface area (Å²) < 4.78 is 18.2. The zero-order chi connectivity index (χ0) is 19.2. The van der Waals surface area contributed by atoms with Crippen molar-refractivity contribution in [3.05, 3.63) is 77.2 Å². The topological polar surface area (TPSA) is 63.2 Å². The largest absolute Gasteiger partial charge is 0.495 e. The van der Waals surface area contributed by atoms with Gasteiger partial charge in [-0.1, -0.05) is 23.7 Å². The Morgan fingerprint density at radius 1 is 1.15 bits per heavy atom. The number of carbonyl (C=O) groups is 1. The maximum absolute atomic E-state index is 12.9. The van der Waals surface area contributed by atoms with Gasteiger partial charge < -0.3 is 15.4 Å². The van der Waals surface area contributed by atoms with E-state index in [1.54, 1.807) is 55.8 Å². The third-order valence-electron chi connectivity index (χ3n) is 3.75. The second-order valence-corrected chi connectivity index (χ2v) is 6.19. The summed E-state index contributed by atoms with van der Waals surface area (Å²) in [5, 5.41) is 6.45. The smallest absolute Gasteiger partial charge is 0.228 e. The van der Waals surface area contributed by atoms with Gasteiger partial charge in [0.25, 0.3) is 0 Å². The molecule has 0 saturated heterocycles. The molecule has 1 aromatic heterocycles. The summed E-state index contributed by atoms with van der Waals surface area (Å²) in [6, 6.07) is 14.5. The molecule has 3 aromatic rings. The van der Waals surface area contributed by atoms with E-state index in [4.69, 9.17) is 16.3 Å². The van der Waals surface area contributed by atoms with Crippen LogP contribution in [0.25, 0.3) is 0 Å². The first kappa shape index (κ1) is 18.7. The minimum Gasteiger partial charge on any atom is -0.495 e. The summed E-state index contributed by atoms with van der Waals surface area (Å²) in [6.07, 6.45) is 1.70. The van der Waals surface area contributed by atoms with Gasteiger partial charge in [-0.25, -0.2) is 9.37 Å². The fraction of sp³-hybridized carbons (Fsp3) is 0.100. The molecular weight excluding hydrogens is 369 g/mol. The molecule has 0 bridgehead atoms. The maximum atomic E-state index is 12.9. The van der Waals surface area contributed by atoms with E-state index in [0.29, 0.717) is 28.0 Å². The first-order valence-corrected chi connectivity index (χ1v) is 8.52. The highest BCUT2D eigenvalue weighted by atomic mass is 35.5. The average Bonchev–Trinajstić information content (AvgIpc) is 2.65. The number of amides is 1. The Hall–Kier alpha value is -3.12. The number of pyridine rings is 1. The predicted molar refractivity (Wildman–Crippen MR) is 104 cm³/mol. The molecular formula is C20H17ClFN3O2. The van der Waals surface area contributed by atoms with Gasteiger partial charge in [0, 0.05) is 5.02 Å². The zero-order valence-corrected chi connectivity index (χ0v) is 15.3. The highest BCUT2D eigenvalue weighted by molar-refractivity contribution is 6.31. The van der Waals surface area contributed by atoms with Crippen molar-refractivity contribution in [1.82, 2.24) is 4.98 Å². The van der Waals surface area contributed by atoms with Crippen molar-refractivity contribution in [1.29, 1.82) is 0 Å². The number of benzene rings is 2. The van der Waals surface area contributed by atoms with Crippen molar-refractivity contribution >= 4 is 34.7 Å². The number of nitrogens with zero attached hydrogens (tertiary/aromatic N) is 1. The molecule has 0 unspecified atom stereocenters. The number of hydrogen-bond acceptors (Lipinski definition) is 4. The molecule has 0 fully saturated rings. The number of carbonyl (C=O) groups excluding carboxylic acids is 1. The van der Waals surface area contributed by atoms with Crippen molar-refractivity contribution in [3.8, 4) is 5.75 Å². The van der Waals surface area contributed by atoms with Crippen molar-refractivity contribution < 1.29 is 13.9 Å². The van der Waals surface area contributed by atoms with E-state index in [1.807, 2.05) is 0 Å². The van der Waals surface area contributed by atoms with Gasteiger partial charge in [0.05, 0.1) is 31.1 Å².